The molecule has 2 aromatic rings. The highest BCUT2D eigenvalue weighted by molar-refractivity contribution is 5.85. The fraction of sp³-hybridized carbons (Fsp3) is 0.368. The van der Waals surface area contributed by atoms with Gasteiger partial charge in [-0.3, -0.25) is 0 Å². The Hall–Kier alpha value is -1.56. The molecule has 0 radical (unpaired) electrons. The van der Waals surface area contributed by atoms with E-state index >= 15 is 0 Å². The molecule has 0 aromatic heterocycles. The largest absolute Gasteiger partial charge is 0.0985 e. The van der Waals surface area contributed by atoms with Crippen LogP contribution in [0, 0.1) is 6.92 Å². The molecule has 106 valence electrons. The molecule has 0 aliphatic carbocycles. The Kier molecular flexibility index (Phi) is 13.4. The Morgan fingerprint density at radius 3 is 1.63 bits per heavy atom. The highest BCUT2D eigenvalue weighted by Crippen LogP contribution is 2.19. The minimum absolute atomic E-state index is 1.22. The van der Waals surface area contributed by atoms with E-state index in [4.69, 9.17) is 0 Å². The second-order valence-electron chi connectivity index (χ2n) is 3.26. The van der Waals surface area contributed by atoms with Gasteiger partial charge < -0.3 is 0 Å². The van der Waals surface area contributed by atoms with Crippen molar-refractivity contribution in [3.05, 3.63) is 54.1 Å². The van der Waals surface area contributed by atoms with Crippen molar-refractivity contribution in [2.45, 2.75) is 48.5 Å². The fourth-order valence-corrected chi connectivity index (χ4v) is 1.59. The molecule has 0 heteroatoms. The van der Waals surface area contributed by atoms with Crippen molar-refractivity contribution in [2.75, 3.05) is 0 Å². The molecule has 0 N–H and O–H groups in total. The maximum absolute atomic E-state index is 3.80. The Bertz CT molecular complexity index is 453. The predicted molar refractivity (Wildman–Crippen MR) is 92.8 cm³/mol. The number of hydrogen-bond donors (Lipinski definition) is 0. The van der Waals surface area contributed by atoms with E-state index in [1.165, 1.54) is 21.9 Å². The van der Waals surface area contributed by atoms with Gasteiger partial charge >= 0.3 is 0 Å². The van der Waals surface area contributed by atoms with Crippen LogP contribution in [0.3, 0.4) is 0 Å². The molecule has 0 fully saturated rings. The fourth-order valence-electron chi connectivity index (χ4n) is 1.59. The van der Waals surface area contributed by atoms with E-state index in [1.807, 2.05) is 47.6 Å². The van der Waals surface area contributed by atoms with E-state index < -0.39 is 0 Å². The summed E-state index contributed by atoms with van der Waals surface area (Å²) in [6.07, 6.45) is 1.90. The van der Waals surface area contributed by atoms with Crippen molar-refractivity contribution in [2.24, 2.45) is 0 Å². The molecule has 0 saturated carbocycles. The van der Waals surface area contributed by atoms with Crippen LogP contribution >= 0.6 is 0 Å². The average Bonchev–Trinajstić information content (AvgIpc) is 2.52. The van der Waals surface area contributed by atoms with Gasteiger partial charge in [-0.2, -0.15) is 0 Å². The van der Waals surface area contributed by atoms with Crippen molar-refractivity contribution < 1.29 is 0 Å². The first kappa shape index (κ1) is 19.8. The third kappa shape index (κ3) is 6.24. The molecule has 0 bridgehead atoms. The average molecular weight is 258 g/mol. The molecule has 0 aliphatic heterocycles. The van der Waals surface area contributed by atoms with Crippen LogP contribution in [-0.4, -0.2) is 0 Å². The Morgan fingerprint density at radius 1 is 0.789 bits per heavy atom. The van der Waals surface area contributed by atoms with Gasteiger partial charge in [0.2, 0.25) is 0 Å². The third-order valence-electron chi connectivity index (χ3n) is 2.35. The summed E-state index contributed by atoms with van der Waals surface area (Å²) >= 11 is 0. The molecule has 0 heterocycles. The summed E-state index contributed by atoms with van der Waals surface area (Å²) in [6.45, 7) is 17.9. The van der Waals surface area contributed by atoms with Crippen LogP contribution in [0.15, 0.2) is 43.0 Å². The summed E-state index contributed by atoms with van der Waals surface area (Å²) < 4.78 is 0. The number of benzene rings is 2. The van der Waals surface area contributed by atoms with Gasteiger partial charge in [-0.15, -0.1) is 0 Å². The van der Waals surface area contributed by atoms with Gasteiger partial charge in [0.05, 0.1) is 0 Å². The van der Waals surface area contributed by atoms with Crippen LogP contribution in [0.25, 0.3) is 16.8 Å². The molecule has 0 nitrogen and oxygen atoms in total. The zero-order valence-corrected chi connectivity index (χ0v) is 13.7. The molecule has 0 saturated heterocycles. The number of hydrogen-bond acceptors (Lipinski definition) is 0. The van der Waals surface area contributed by atoms with Gasteiger partial charge in [-0.05, 0) is 34.9 Å². The van der Waals surface area contributed by atoms with Crippen LogP contribution in [0.4, 0.5) is 0 Å². The molecule has 0 unspecified atom stereocenters. The molecule has 2 rings (SSSR count). The second kappa shape index (κ2) is 12.9. The number of aryl methyl sites for hydroxylation is 1. The van der Waals surface area contributed by atoms with E-state index in [1.54, 1.807) is 0 Å². The third-order valence-corrected chi connectivity index (χ3v) is 2.35. The van der Waals surface area contributed by atoms with Crippen molar-refractivity contribution in [3.8, 4) is 0 Å². The van der Waals surface area contributed by atoms with Gasteiger partial charge in [-0.25, -0.2) is 0 Å². The lowest BCUT2D eigenvalue weighted by Crippen LogP contribution is -1.81. The monoisotopic (exact) mass is 258 g/mol. The van der Waals surface area contributed by atoms with Gasteiger partial charge in [0.25, 0.3) is 0 Å². The highest BCUT2D eigenvalue weighted by atomic mass is 14.0. The Labute approximate surface area is 120 Å². The van der Waals surface area contributed by atoms with E-state index in [0.29, 0.717) is 0 Å². The van der Waals surface area contributed by atoms with Gasteiger partial charge in [-0.1, -0.05) is 84.5 Å². The minimum atomic E-state index is 1.22. The quantitative estimate of drug-likeness (QED) is 0.523. The predicted octanol–water partition coefficient (Wildman–Crippen LogP) is 6.87. The van der Waals surface area contributed by atoms with Gasteiger partial charge in [0.15, 0.2) is 0 Å². The van der Waals surface area contributed by atoms with Crippen molar-refractivity contribution >= 4 is 16.8 Å². The molecule has 2 aromatic carbocycles. The van der Waals surface area contributed by atoms with Crippen molar-refractivity contribution in [1.29, 1.82) is 0 Å². The molecular formula is C19H30. The van der Waals surface area contributed by atoms with Crippen molar-refractivity contribution in [1.82, 2.24) is 0 Å². The summed E-state index contributed by atoms with van der Waals surface area (Å²) in [5.41, 5.74) is 2.51. The first-order valence-corrected chi connectivity index (χ1v) is 7.43. The standard InChI is InChI=1S/C13H12.3C2H6/c1-3-11-9-13-7-5-4-6-12(13)8-10(11)2;3*1-2/h3-9H,1H2,2H3;3*1-2H3. The van der Waals surface area contributed by atoms with Gasteiger partial charge in [0, 0.05) is 0 Å². The smallest absolute Gasteiger partial charge is 0.0178 e. The lowest BCUT2D eigenvalue weighted by atomic mass is 10.0. The molecule has 0 amide bonds. The number of fused-ring (bicyclic) bond motifs is 1. The first-order valence-electron chi connectivity index (χ1n) is 7.43. The van der Waals surface area contributed by atoms with Crippen LogP contribution < -0.4 is 0 Å². The van der Waals surface area contributed by atoms with E-state index in [-0.39, 0.29) is 0 Å². The van der Waals surface area contributed by atoms with Crippen LogP contribution in [-0.2, 0) is 0 Å². The van der Waals surface area contributed by atoms with Crippen LogP contribution in [0.1, 0.15) is 52.7 Å². The summed E-state index contributed by atoms with van der Waals surface area (Å²) in [6, 6.07) is 12.8. The SMILES string of the molecule is C=Cc1cc2ccccc2cc1C.CC.CC.CC. The zero-order valence-electron chi connectivity index (χ0n) is 13.7. The van der Waals surface area contributed by atoms with E-state index in [0.717, 1.165) is 0 Å². The van der Waals surface area contributed by atoms with E-state index in [2.05, 4.69) is 49.9 Å². The molecule has 19 heavy (non-hydrogen) atoms. The maximum atomic E-state index is 3.80. The van der Waals surface area contributed by atoms with Crippen molar-refractivity contribution in [3.63, 3.8) is 0 Å². The molecular weight excluding hydrogens is 228 g/mol. The molecule has 0 spiro atoms. The highest BCUT2D eigenvalue weighted by Gasteiger charge is 1.96. The maximum Gasteiger partial charge on any atom is -0.0178 e. The Morgan fingerprint density at radius 2 is 1.21 bits per heavy atom. The second-order valence-corrected chi connectivity index (χ2v) is 3.26. The summed E-state index contributed by atoms with van der Waals surface area (Å²) in [7, 11) is 0. The lowest BCUT2D eigenvalue weighted by Gasteiger charge is -2.03. The molecule has 0 atom stereocenters. The topological polar surface area (TPSA) is 0 Å². The summed E-state index contributed by atoms with van der Waals surface area (Å²) in [5.74, 6) is 0. The zero-order chi connectivity index (χ0) is 15.3. The first-order chi connectivity index (χ1) is 9.31. The minimum Gasteiger partial charge on any atom is -0.0985 e. The summed E-state index contributed by atoms with van der Waals surface area (Å²) in [4.78, 5) is 0. The van der Waals surface area contributed by atoms with Crippen LogP contribution in [0.5, 0.6) is 0 Å². The summed E-state index contributed by atoms with van der Waals surface area (Å²) in [5, 5.41) is 2.58. The lowest BCUT2D eigenvalue weighted by molar-refractivity contribution is 1.48. The Balaban J connectivity index is 0. The van der Waals surface area contributed by atoms with Gasteiger partial charge in [0.1, 0.15) is 0 Å². The normalized spacial score (nSPS) is 7.95. The van der Waals surface area contributed by atoms with E-state index in [9.17, 15) is 0 Å². The van der Waals surface area contributed by atoms with Crippen LogP contribution in [0.2, 0.25) is 0 Å². The molecule has 0 aliphatic rings. The number of rotatable bonds is 1.